The van der Waals surface area contributed by atoms with Crippen molar-refractivity contribution in [3.8, 4) is 5.75 Å². The number of ether oxygens (including phenoxy) is 1. The summed E-state index contributed by atoms with van der Waals surface area (Å²) in [7, 11) is 0. The zero-order valence-electron chi connectivity index (χ0n) is 16.1. The largest absolute Gasteiger partial charge is 0.511 e. The van der Waals surface area contributed by atoms with Gasteiger partial charge in [-0.05, 0) is 24.5 Å². The Morgan fingerprint density at radius 3 is 2.64 bits per heavy atom. The quantitative estimate of drug-likeness (QED) is 0.357. The lowest BCUT2D eigenvalue weighted by atomic mass is 9.76. The number of benzene rings is 1. The van der Waals surface area contributed by atoms with Crippen LogP contribution in [0.25, 0.3) is 0 Å². The van der Waals surface area contributed by atoms with Gasteiger partial charge in [-0.2, -0.15) is 0 Å². The fraction of sp³-hybridized carbons (Fsp3) is 0.400. The SMILES string of the molecule is CC(=Nc1cc(OCCNC=O)cc(C(=O)O)c1)C1=C(O)CC(C)(C)CC1=O. The molecule has 8 heteroatoms. The molecule has 8 nitrogen and oxygen atoms in total. The summed E-state index contributed by atoms with van der Waals surface area (Å²) >= 11 is 0. The Bertz CT molecular complexity index is 854. The molecule has 1 aliphatic carbocycles. The van der Waals surface area contributed by atoms with Gasteiger partial charge in [0.15, 0.2) is 5.78 Å². The van der Waals surface area contributed by atoms with Crippen LogP contribution in [-0.2, 0) is 9.59 Å². The minimum absolute atomic E-state index is 0.00620. The Morgan fingerprint density at radius 2 is 2.04 bits per heavy atom. The van der Waals surface area contributed by atoms with Crippen LogP contribution >= 0.6 is 0 Å². The molecule has 1 amide bonds. The summed E-state index contributed by atoms with van der Waals surface area (Å²) in [5.74, 6) is -1.08. The topological polar surface area (TPSA) is 125 Å². The predicted octanol–water partition coefficient (Wildman–Crippen LogP) is 2.80. The second-order valence-corrected chi connectivity index (χ2v) is 7.40. The van der Waals surface area contributed by atoms with Crippen LogP contribution in [0.3, 0.4) is 0 Å². The highest BCUT2D eigenvalue weighted by Crippen LogP contribution is 2.36. The van der Waals surface area contributed by atoms with Crippen molar-refractivity contribution in [2.24, 2.45) is 10.4 Å². The lowest BCUT2D eigenvalue weighted by Gasteiger charge is -2.29. The molecule has 2 rings (SSSR count). The van der Waals surface area contributed by atoms with Crippen molar-refractivity contribution in [1.82, 2.24) is 5.32 Å². The van der Waals surface area contributed by atoms with Crippen molar-refractivity contribution in [3.63, 3.8) is 0 Å². The molecule has 0 radical (unpaired) electrons. The minimum Gasteiger partial charge on any atom is -0.511 e. The van der Waals surface area contributed by atoms with Crippen molar-refractivity contribution < 1.29 is 29.3 Å². The first-order chi connectivity index (χ1) is 13.1. The third kappa shape index (κ3) is 5.42. The first kappa shape index (κ1) is 21.1. The van der Waals surface area contributed by atoms with Gasteiger partial charge in [0.2, 0.25) is 6.41 Å². The van der Waals surface area contributed by atoms with Gasteiger partial charge in [0.25, 0.3) is 0 Å². The lowest BCUT2D eigenvalue weighted by molar-refractivity contribution is -0.118. The lowest BCUT2D eigenvalue weighted by Crippen LogP contribution is -2.28. The second kappa shape index (κ2) is 8.69. The number of ketones is 1. The van der Waals surface area contributed by atoms with Gasteiger partial charge in [0.05, 0.1) is 29.1 Å². The number of rotatable bonds is 8. The molecule has 1 aromatic rings. The number of carbonyl (C=O) groups excluding carboxylic acids is 2. The number of allylic oxidation sites excluding steroid dienone is 2. The number of amides is 1. The average molecular weight is 388 g/mol. The van der Waals surface area contributed by atoms with Gasteiger partial charge in [-0.1, -0.05) is 13.8 Å². The van der Waals surface area contributed by atoms with E-state index in [-0.39, 0.29) is 52.7 Å². The molecule has 0 saturated heterocycles. The minimum atomic E-state index is -1.15. The van der Waals surface area contributed by atoms with Gasteiger partial charge in [0, 0.05) is 18.9 Å². The zero-order valence-corrected chi connectivity index (χ0v) is 16.1. The molecule has 0 aromatic heterocycles. The number of carbonyl (C=O) groups is 3. The number of aliphatic hydroxyl groups is 1. The summed E-state index contributed by atoms with van der Waals surface area (Å²) in [5, 5.41) is 22.1. The second-order valence-electron chi connectivity index (χ2n) is 7.40. The summed E-state index contributed by atoms with van der Waals surface area (Å²) in [5.41, 5.74) is 0.437. The Balaban J connectivity index is 2.35. The summed E-state index contributed by atoms with van der Waals surface area (Å²) in [4.78, 5) is 38.4. The van der Waals surface area contributed by atoms with E-state index in [9.17, 15) is 24.6 Å². The highest BCUT2D eigenvalue weighted by atomic mass is 16.5. The number of aliphatic hydroxyl groups excluding tert-OH is 1. The van der Waals surface area contributed by atoms with Gasteiger partial charge in [-0.3, -0.25) is 14.6 Å². The molecule has 0 spiro atoms. The van der Waals surface area contributed by atoms with Crippen molar-refractivity contribution >= 4 is 29.6 Å². The van der Waals surface area contributed by atoms with Gasteiger partial charge < -0.3 is 20.3 Å². The molecule has 0 heterocycles. The van der Waals surface area contributed by atoms with E-state index in [0.29, 0.717) is 25.0 Å². The molecule has 0 bridgehead atoms. The standard InChI is InChI=1S/C20H24N2O6/c1-12(18-16(24)9-20(2,3)10-17(18)25)22-14-6-13(19(26)27)7-15(8-14)28-5-4-21-11-23/h6-8,11,24H,4-5,9-10H2,1-3H3,(H,21,23)(H,26,27). The molecule has 3 N–H and O–H groups in total. The summed E-state index contributed by atoms with van der Waals surface area (Å²) in [6.07, 6.45) is 1.21. The van der Waals surface area contributed by atoms with E-state index in [0.717, 1.165) is 0 Å². The summed E-state index contributed by atoms with van der Waals surface area (Å²) in [6.45, 7) is 5.84. The monoisotopic (exact) mass is 388 g/mol. The van der Waals surface area contributed by atoms with Crippen LogP contribution in [-0.4, -0.2) is 47.2 Å². The smallest absolute Gasteiger partial charge is 0.335 e. The Hall–Kier alpha value is -3.16. The fourth-order valence-electron chi connectivity index (χ4n) is 3.09. The highest BCUT2D eigenvalue weighted by molar-refractivity contribution is 6.23. The third-order valence-corrected chi connectivity index (χ3v) is 4.25. The molecule has 0 saturated carbocycles. The normalized spacial score (nSPS) is 16.7. The third-order valence-electron chi connectivity index (χ3n) is 4.25. The number of hydrogen-bond donors (Lipinski definition) is 3. The molecular weight excluding hydrogens is 364 g/mol. The molecule has 1 aliphatic rings. The number of Topliss-reactive ketones (excluding diaryl/α,β-unsaturated/α-hetero) is 1. The van der Waals surface area contributed by atoms with Crippen LogP contribution in [0.15, 0.2) is 34.5 Å². The van der Waals surface area contributed by atoms with Crippen LogP contribution in [0.1, 0.15) is 44.0 Å². The molecule has 0 atom stereocenters. The maximum absolute atomic E-state index is 12.4. The maximum atomic E-state index is 12.4. The van der Waals surface area contributed by atoms with Crippen LogP contribution in [0.5, 0.6) is 5.75 Å². The average Bonchev–Trinajstić information content (AvgIpc) is 2.56. The molecule has 0 aliphatic heterocycles. The molecule has 150 valence electrons. The van der Waals surface area contributed by atoms with E-state index in [1.165, 1.54) is 18.2 Å². The van der Waals surface area contributed by atoms with E-state index in [1.54, 1.807) is 6.92 Å². The van der Waals surface area contributed by atoms with E-state index in [4.69, 9.17) is 4.74 Å². The number of nitrogens with zero attached hydrogens (tertiary/aromatic N) is 1. The predicted molar refractivity (Wildman–Crippen MR) is 103 cm³/mol. The van der Waals surface area contributed by atoms with Crippen molar-refractivity contribution in [2.75, 3.05) is 13.2 Å². The van der Waals surface area contributed by atoms with Crippen LogP contribution < -0.4 is 10.1 Å². The van der Waals surface area contributed by atoms with E-state index >= 15 is 0 Å². The Morgan fingerprint density at radius 1 is 1.32 bits per heavy atom. The number of aliphatic imine (C=N–C) groups is 1. The van der Waals surface area contributed by atoms with Crippen LogP contribution in [0, 0.1) is 5.41 Å². The van der Waals surface area contributed by atoms with Crippen LogP contribution in [0.2, 0.25) is 0 Å². The maximum Gasteiger partial charge on any atom is 0.335 e. The number of carboxylic acids is 1. The fourth-order valence-corrected chi connectivity index (χ4v) is 3.09. The summed E-state index contributed by atoms with van der Waals surface area (Å²) in [6, 6.07) is 4.24. The van der Waals surface area contributed by atoms with Gasteiger partial charge in [0.1, 0.15) is 18.1 Å². The highest BCUT2D eigenvalue weighted by Gasteiger charge is 2.34. The zero-order chi connectivity index (χ0) is 20.9. The Kier molecular flexibility index (Phi) is 6.56. The number of carboxylic acid groups (broad SMARTS) is 1. The Labute approximate surface area is 162 Å². The number of aromatic carboxylic acids is 1. The van der Waals surface area contributed by atoms with Crippen LogP contribution in [0.4, 0.5) is 5.69 Å². The molecular formula is C20H24N2O6. The first-order valence-electron chi connectivity index (χ1n) is 8.82. The van der Waals surface area contributed by atoms with Gasteiger partial charge in [-0.15, -0.1) is 0 Å². The molecule has 28 heavy (non-hydrogen) atoms. The summed E-state index contributed by atoms with van der Waals surface area (Å²) < 4.78 is 5.45. The van der Waals surface area contributed by atoms with Gasteiger partial charge in [-0.25, -0.2) is 4.79 Å². The van der Waals surface area contributed by atoms with Crippen molar-refractivity contribution in [3.05, 3.63) is 35.1 Å². The van der Waals surface area contributed by atoms with Crippen molar-refractivity contribution in [1.29, 1.82) is 0 Å². The van der Waals surface area contributed by atoms with Crippen molar-refractivity contribution in [2.45, 2.75) is 33.6 Å². The van der Waals surface area contributed by atoms with E-state index in [2.05, 4.69) is 10.3 Å². The van der Waals surface area contributed by atoms with E-state index in [1.807, 2.05) is 13.8 Å². The number of nitrogens with one attached hydrogen (secondary N) is 1. The van der Waals surface area contributed by atoms with Gasteiger partial charge >= 0.3 is 5.97 Å². The molecule has 0 unspecified atom stereocenters. The van der Waals surface area contributed by atoms with E-state index < -0.39 is 5.97 Å². The molecule has 0 fully saturated rings. The number of hydrogen-bond acceptors (Lipinski definition) is 6. The molecule has 1 aromatic carbocycles. The first-order valence-corrected chi connectivity index (χ1v) is 8.82.